The first-order chi connectivity index (χ1) is 8.86. The van der Waals surface area contributed by atoms with Crippen molar-refractivity contribution in [1.29, 1.82) is 0 Å². The highest BCUT2D eigenvalue weighted by Crippen LogP contribution is 2.38. The molecule has 0 amide bonds. The molecule has 19 heavy (non-hydrogen) atoms. The summed E-state index contributed by atoms with van der Waals surface area (Å²) in [7, 11) is 0. The topological polar surface area (TPSA) is 35.2 Å². The van der Waals surface area contributed by atoms with Gasteiger partial charge in [0.1, 0.15) is 17.7 Å². The molecule has 3 atom stereocenters. The van der Waals surface area contributed by atoms with Gasteiger partial charge in [-0.15, -0.1) is 0 Å². The van der Waals surface area contributed by atoms with Gasteiger partial charge in [0.15, 0.2) is 0 Å². The van der Waals surface area contributed by atoms with E-state index in [4.69, 9.17) is 10.5 Å². The summed E-state index contributed by atoms with van der Waals surface area (Å²) in [6.07, 6.45) is 3.16. The van der Waals surface area contributed by atoms with E-state index in [1.54, 1.807) is 12.1 Å². The molecular formula is C16H24FNO. The molecule has 106 valence electrons. The average Bonchev–Trinajstić information content (AvgIpc) is 2.33. The van der Waals surface area contributed by atoms with Crippen molar-refractivity contribution >= 4 is 0 Å². The molecule has 0 aliphatic heterocycles. The van der Waals surface area contributed by atoms with E-state index in [0.717, 1.165) is 19.3 Å². The minimum atomic E-state index is -0.243. The summed E-state index contributed by atoms with van der Waals surface area (Å²) in [5.41, 5.74) is 6.45. The van der Waals surface area contributed by atoms with Crippen LogP contribution in [0.5, 0.6) is 5.75 Å². The minimum absolute atomic E-state index is 0.0310. The lowest BCUT2D eigenvalue weighted by Crippen LogP contribution is -2.46. The highest BCUT2D eigenvalue weighted by atomic mass is 19.1. The van der Waals surface area contributed by atoms with Crippen LogP contribution in [0.15, 0.2) is 24.3 Å². The van der Waals surface area contributed by atoms with Gasteiger partial charge in [0.05, 0.1) is 0 Å². The van der Waals surface area contributed by atoms with Crippen LogP contribution in [0.2, 0.25) is 0 Å². The van der Waals surface area contributed by atoms with Crippen LogP contribution in [0.1, 0.15) is 40.0 Å². The molecule has 1 aliphatic rings. The van der Waals surface area contributed by atoms with Crippen molar-refractivity contribution in [2.24, 2.45) is 17.1 Å². The van der Waals surface area contributed by atoms with Crippen LogP contribution in [-0.2, 0) is 0 Å². The Labute approximate surface area is 115 Å². The lowest BCUT2D eigenvalue weighted by Gasteiger charge is -2.40. The van der Waals surface area contributed by atoms with Crippen LogP contribution in [-0.4, -0.2) is 12.1 Å². The number of hydrogen-bond donors (Lipinski definition) is 1. The van der Waals surface area contributed by atoms with Crippen LogP contribution < -0.4 is 10.5 Å². The quantitative estimate of drug-likeness (QED) is 0.884. The second-order valence-corrected chi connectivity index (χ2v) is 6.65. The molecule has 0 saturated heterocycles. The summed E-state index contributed by atoms with van der Waals surface area (Å²) in [6.45, 7) is 6.80. The van der Waals surface area contributed by atoms with Crippen molar-refractivity contribution in [3.63, 3.8) is 0 Å². The van der Waals surface area contributed by atoms with Gasteiger partial charge in [0.25, 0.3) is 0 Å². The molecule has 0 radical (unpaired) electrons. The number of halogens is 1. The average molecular weight is 265 g/mol. The first-order valence-corrected chi connectivity index (χ1v) is 7.04. The largest absolute Gasteiger partial charge is 0.489 e. The van der Waals surface area contributed by atoms with Crippen molar-refractivity contribution in [3.8, 4) is 5.75 Å². The summed E-state index contributed by atoms with van der Waals surface area (Å²) in [5.74, 6) is 1.09. The van der Waals surface area contributed by atoms with Crippen LogP contribution in [0.3, 0.4) is 0 Å². The smallest absolute Gasteiger partial charge is 0.123 e. The van der Waals surface area contributed by atoms with Crippen molar-refractivity contribution in [2.75, 3.05) is 0 Å². The van der Waals surface area contributed by atoms with E-state index in [2.05, 4.69) is 20.8 Å². The van der Waals surface area contributed by atoms with Crippen LogP contribution in [0.25, 0.3) is 0 Å². The first kappa shape index (κ1) is 14.3. The normalized spacial score (nSPS) is 28.2. The SMILES string of the molecule is CC(C)(C)C1CCC(N)C(Oc2ccc(F)cc2)C1. The first-order valence-electron chi connectivity index (χ1n) is 7.04. The highest BCUT2D eigenvalue weighted by molar-refractivity contribution is 5.22. The number of ether oxygens (including phenoxy) is 1. The van der Waals surface area contributed by atoms with Crippen LogP contribution >= 0.6 is 0 Å². The Balaban J connectivity index is 2.03. The van der Waals surface area contributed by atoms with E-state index in [1.807, 2.05) is 0 Å². The molecule has 0 aromatic heterocycles. The molecule has 1 aliphatic carbocycles. The van der Waals surface area contributed by atoms with Crippen molar-refractivity contribution in [1.82, 2.24) is 0 Å². The van der Waals surface area contributed by atoms with E-state index in [9.17, 15) is 4.39 Å². The summed E-state index contributed by atoms with van der Waals surface area (Å²) in [6, 6.07) is 6.25. The zero-order chi connectivity index (χ0) is 14.0. The van der Waals surface area contributed by atoms with Crippen LogP contribution in [0.4, 0.5) is 4.39 Å². The van der Waals surface area contributed by atoms with E-state index < -0.39 is 0 Å². The summed E-state index contributed by atoms with van der Waals surface area (Å²) in [4.78, 5) is 0. The third kappa shape index (κ3) is 3.69. The Morgan fingerprint density at radius 2 is 1.79 bits per heavy atom. The third-order valence-corrected chi connectivity index (χ3v) is 4.17. The van der Waals surface area contributed by atoms with Crippen molar-refractivity contribution < 1.29 is 9.13 Å². The van der Waals surface area contributed by atoms with E-state index in [1.165, 1.54) is 12.1 Å². The zero-order valence-electron chi connectivity index (χ0n) is 12.0. The maximum atomic E-state index is 12.9. The molecule has 1 fully saturated rings. The van der Waals surface area contributed by atoms with Gasteiger partial charge in [-0.05, 0) is 54.9 Å². The highest BCUT2D eigenvalue weighted by Gasteiger charge is 2.35. The number of rotatable bonds is 2. The fourth-order valence-electron chi connectivity index (χ4n) is 2.76. The number of nitrogens with two attached hydrogens (primary N) is 1. The molecule has 1 aromatic carbocycles. The zero-order valence-corrected chi connectivity index (χ0v) is 12.0. The lowest BCUT2D eigenvalue weighted by atomic mass is 9.70. The van der Waals surface area contributed by atoms with Gasteiger partial charge in [-0.2, -0.15) is 0 Å². The van der Waals surface area contributed by atoms with Gasteiger partial charge in [-0.3, -0.25) is 0 Å². The minimum Gasteiger partial charge on any atom is -0.489 e. The number of hydrogen-bond acceptors (Lipinski definition) is 2. The Kier molecular flexibility index (Phi) is 4.14. The van der Waals surface area contributed by atoms with Gasteiger partial charge in [0.2, 0.25) is 0 Å². The summed E-state index contributed by atoms with van der Waals surface area (Å²) in [5, 5.41) is 0. The fraction of sp³-hybridized carbons (Fsp3) is 0.625. The molecule has 2 nitrogen and oxygen atoms in total. The Bertz CT molecular complexity index is 410. The maximum absolute atomic E-state index is 12.9. The standard InChI is InChI=1S/C16H24FNO/c1-16(2,3)11-4-9-14(18)15(10-11)19-13-7-5-12(17)6-8-13/h5-8,11,14-15H,4,9-10,18H2,1-3H3. The predicted octanol–water partition coefficient (Wildman–Crippen LogP) is 3.75. The van der Waals surface area contributed by atoms with Gasteiger partial charge in [-0.1, -0.05) is 20.8 Å². The van der Waals surface area contributed by atoms with Crippen LogP contribution in [0, 0.1) is 17.2 Å². The van der Waals surface area contributed by atoms with Crippen molar-refractivity contribution in [3.05, 3.63) is 30.1 Å². The lowest BCUT2D eigenvalue weighted by molar-refractivity contribution is 0.0591. The second-order valence-electron chi connectivity index (χ2n) is 6.65. The third-order valence-electron chi connectivity index (χ3n) is 4.17. The van der Waals surface area contributed by atoms with E-state index in [-0.39, 0.29) is 23.4 Å². The summed E-state index contributed by atoms with van der Waals surface area (Å²) < 4.78 is 18.8. The van der Waals surface area contributed by atoms with Gasteiger partial charge >= 0.3 is 0 Å². The molecule has 0 bridgehead atoms. The molecule has 0 spiro atoms. The van der Waals surface area contributed by atoms with Gasteiger partial charge < -0.3 is 10.5 Å². The molecule has 1 saturated carbocycles. The molecule has 2 N–H and O–H groups in total. The predicted molar refractivity (Wildman–Crippen MR) is 75.6 cm³/mol. The molecule has 3 unspecified atom stereocenters. The maximum Gasteiger partial charge on any atom is 0.123 e. The fourth-order valence-corrected chi connectivity index (χ4v) is 2.76. The van der Waals surface area contributed by atoms with E-state index >= 15 is 0 Å². The van der Waals surface area contributed by atoms with Gasteiger partial charge in [-0.25, -0.2) is 4.39 Å². The Morgan fingerprint density at radius 3 is 2.37 bits per heavy atom. The monoisotopic (exact) mass is 265 g/mol. The van der Waals surface area contributed by atoms with Crippen molar-refractivity contribution in [2.45, 2.75) is 52.2 Å². The number of benzene rings is 1. The molecule has 0 heterocycles. The van der Waals surface area contributed by atoms with Gasteiger partial charge in [0, 0.05) is 6.04 Å². The molecule has 1 aromatic rings. The Morgan fingerprint density at radius 1 is 1.16 bits per heavy atom. The molecular weight excluding hydrogens is 241 g/mol. The summed E-state index contributed by atoms with van der Waals surface area (Å²) >= 11 is 0. The van der Waals surface area contributed by atoms with E-state index in [0.29, 0.717) is 11.7 Å². The Hall–Kier alpha value is -1.09. The molecule has 2 rings (SSSR count). The second kappa shape index (κ2) is 5.49. The molecule has 3 heteroatoms.